The molecular weight excluding hydrogens is 438 g/mol. The summed E-state index contributed by atoms with van der Waals surface area (Å²) in [5, 5.41) is 3.24. The molecule has 0 aliphatic rings. The minimum atomic E-state index is -3.67. The maximum absolute atomic E-state index is 13.3. The molecule has 0 saturated carbocycles. The van der Waals surface area contributed by atoms with Crippen LogP contribution < -0.4 is 11.1 Å². The molecule has 4 rings (SSSR count). The lowest BCUT2D eigenvalue weighted by Gasteiger charge is -2.10. The molecule has 0 fully saturated rings. The number of hydrogen-bond donors (Lipinski definition) is 2. The number of aromatic nitrogens is 1. The molecule has 3 N–H and O–H groups in total. The third-order valence-electron chi connectivity index (χ3n) is 5.47. The van der Waals surface area contributed by atoms with Crippen LogP contribution in [-0.4, -0.2) is 24.8 Å². The highest BCUT2D eigenvalue weighted by molar-refractivity contribution is 7.90. The molecule has 0 bridgehead atoms. The van der Waals surface area contributed by atoms with Gasteiger partial charge in [-0.05, 0) is 36.2 Å². The number of nitrogens with two attached hydrogens (primary N) is 1. The fourth-order valence-electron chi connectivity index (χ4n) is 3.80. The van der Waals surface area contributed by atoms with Gasteiger partial charge in [0.15, 0.2) is 9.84 Å². The van der Waals surface area contributed by atoms with Crippen LogP contribution in [0.25, 0.3) is 10.9 Å². The van der Waals surface area contributed by atoms with Gasteiger partial charge in [0.25, 0.3) is 5.91 Å². The molecule has 1 heterocycles. The van der Waals surface area contributed by atoms with E-state index in [-0.39, 0.29) is 22.8 Å². The van der Waals surface area contributed by atoms with Crippen LogP contribution in [0.1, 0.15) is 21.5 Å². The van der Waals surface area contributed by atoms with E-state index in [1.807, 2.05) is 25.1 Å². The Morgan fingerprint density at radius 3 is 2.36 bits per heavy atom. The van der Waals surface area contributed by atoms with Crippen LogP contribution in [0.5, 0.6) is 0 Å². The average molecular weight is 462 g/mol. The first-order chi connectivity index (χ1) is 15.8. The molecule has 0 atom stereocenters. The highest BCUT2D eigenvalue weighted by Crippen LogP contribution is 2.29. The molecule has 1 aromatic heterocycles. The molecule has 0 saturated heterocycles. The number of aryl methyl sites for hydroxylation is 1. The van der Waals surface area contributed by atoms with Crippen molar-refractivity contribution in [2.45, 2.75) is 24.1 Å². The Balaban J connectivity index is 1.66. The Morgan fingerprint density at radius 1 is 0.939 bits per heavy atom. The molecule has 0 spiro atoms. The topological polar surface area (TPSA) is 111 Å². The van der Waals surface area contributed by atoms with E-state index in [1.54, 1.807) is 53.1 Å². The largest absolute Gasteiger partial charge is 0.366 e. The summed E-state index contributed by atoms with van der Waals surface area (Å²) in [5.41, 5.74) is 8.14. The van der Waals surface area contributed by atoms with Crippen molar-refractivity contribution < 1.29 is 18.0 Å². The van der Waals surface area contributed by atoms with Crippen molar-refractivity contribution >= 4 is 38.2 Å². The minimum absolute atomic E-state index is 0.131. The van der Waals surface area contributed by atoms with E-state index >= 15 is 0 Å². The van der Waals surface area contributed by atoms with Gasteiger partial charge in [0.2, 0.25) is 5.91 Å². The van der Waals surface area contributed by atoms with E-state index in [4.69, 9.17) is 5.73 Å². The summed E-state index contributed by atoms with van der Waals surface area (Å²) in [6.45, 7) is 1.75. The Morgan fingerprint density at radius 2 is 1.61 bits per heavy atom. The first kappa shape index (κ1) is 22.3. The van der Waals surface area contributed by atoms with Gasteiger partial charge in [-0.3, -0.25) is 9.59 Å². The number of carbonyl (C=O) groups excluding carboxylic acids is 2. The van der Waals surface area contributed by atoms with Gasteiger partial charge in [-0.1, -0.05) is 54.6 Å². The molecule has 2 amide bonds. The van der Waals surface area contributed by atoms with E-state index in [1.165, 1.54) is 12.3 Å². The minimum Gasteiger partial charge on any atom is -0.366 e. The zero-order chi connectivity index (χ0) is 23.6. The number of primary amides is 1. The predicted molar refractivity (Wildman–Crippen MR) is 128 cm³/mol. The number of nitrogens with zero attached hydrogens (tertiary/aromatic N) is 1. The molecule has 33 heavy (non-hydrogen) atoms. The van der Waals surface area contributed by atoms with Gasteiger partial charge in [0, 0.05) is 17.1 Å². The van der Waals surface area contributed by atoms with Crippen molar-refractivity contribution in [1.29, 1.82) is 0 Å². The molecular formula is C25H23N3O4S. The van der Waals surface area contributed by atoms with Gasteiger partial charge < -0.3 is 15.6 Å². The summed E-state index contributed by atoms with van der Waals surface area (Å²) < 4.78 is 28.2. The highest BCUT2D eigenvalue weighted by atomic mass is 32.2. The molecule has 0 aliphatic carbocycles. The summed E-state index contributed by atoms with van der Waals surface area (Å²) in [6.07, 6.45) is 1.50. The number of fused-ring (bicyclic) bond motifs is 1. The van der Waals surface area contributed by atoms with Crippen LogP contribution >= 0.6 is 0 Å². The molecule has 3 aromatic carbocycles. The lowest BCUT2D eigenvalue weighted by Crippen LogP contribution is -2.21. The summed E-state index contributed by atoms with van der Waals surface area (Å²) in [7, 11) is -3.67. The van der Waals surface area contributed by atoms with Crippen molar-refractivity contribution in [2.24, 2.45) is 5.73 Å². The molecule has 0 unspecified atom stereocenters. The van der Waals surface area contributed by atoms with E-state index in [2.05, 4.69) is 5.32 Å². The van der Waals surface area contributed by atoms with Crippen LogP contribution in [0, 0.1) is 6.92 Å². The summed E-state index contributed by atoms with van der Waals surface area (Å²) >= 11 is 0. The van der Waals surface area contributed by atoms with Gasteiger partial charge in [-0.2, -0.15) is 0 Å². The van der Waals surface area contributed by atoms with E-state index < -0.39 is 21.7 Å². The normalized spacial score (nSPS) is 11.4. The second kappa shape index (κ2) is 8.91. The van der Waals surface area contributed by atoms with Crippen LogP contribution in [0.15, 0.2) is 83.9 Å². The van der Waals surface area contributed by atoms with Crippen molar-refractivity contribution in [3.63, 3.8) is 0 Å². The Bertz CT molecular complexity index is 1470. The smallest absolute Gasteiger partial charge is 0.250 e. The van der Waals surface area contributed by atoms with Crippen molar-refractivity contribution in [2.75, 3.05) is 5.32 Å². The molecule has 0 radical (unpaired) electrons. The standard InChI is InChI=1S/C25H23N3O4S/c1-17-8-2-3-9-18(17)16-33(31,32)23-14-28(22-13-7-5-11-20(22)23)15-24(29)27-21-12-6-4-10-19(21)25(26)30/h2-14H,15-16H2,1H3,(H2,26,30)(H,27,29). The number of hydrogen-bond acceptors (Lipinski definition) is 4. The molecule has 8 heteroatoms. The SMILES string of the molecule is Cc1ccccc1CS(=O)(=O)c1cn(CC(=O)Nc2ccccc2C(N)=O)c2ccccc12. The molecule has 0 aliphatic heterocycles. The van der Waals surface area contributed by atoms with Gasteiger partial charge in [0.05, 0.1) is 21.9 Å². The van der Waals surface area contributed by atoms with Crippen LogP contribution in [0.2, 0.25) is 0 Å². The van der Waals surface area contributed by atoms with Gasteiger partial charge >= 0.3 is 0 Å². The van der Waals surface area contributed by atoms with Gasteiger partial charge in [-0.15, -0.1) is 0 Å². The van der Waals surface area contributed by atoms with Gasteiger partial charge in [-0.25, -0.2) is 8.42 Å². The molecule has 4 aromatic rings. The van der Waals surface area contributed by atoms with Crippen LogP contribution in [0.3, 0.4) is 0 Å². The van der Waals surface area contributed by atoms with E-state index in [9.17, 15) is 18.0 Å². The number of sulfone groups is 1. The lowest BCUT2D eigenvalue weighted by atomic mass is 10.1. The number of para-hydroxylation sites is 2. The van der Waals surface area contributed by atoms with Crippen molar-refractivity contribution in [3.05, 3.63) is 95.7 Å². The zero-order valence-electron chi connectivity index (χ0n) is 18.0. The van der Waals surface area contributed by atoms with E-state index in [0.717, 1.165) is 11.1 Å². The second-order valence-electron chi connectivity index (χ2n) is 7.78. The third-order valence-corrected chi connectivity index (χ3v) is 7.16. The Hall–Kier alpha value is -3.91. The quantitative estimate of drug-likeness (QED) is 0.437. The Labute approximate surface area is 191 Å². The first-order valence-corrected chi connectivity index (χ1v) is 12.0. The monoisotopic (exact) mass is 461 g/mol. The van der Waals surface area contributed by atoms with Crippen molar-refractivity contribution in [3.8, 4) is 0 Å². The number of anilines is 1. The summed E-state index contributed by atoms with van der Waals surface area (Å²) in [6, 6.07) is 20.9. The van der Waals surface area contributed by atoms with E-state index in [0.29, 0.717) is 16.6 Å². The highest BCUT2D eigenvalue weighted by Gasteiger charge is 2.23. The Kier molecular flexibility index (Phi) is 6.02. The van der Waals surface area contributed by atoms with Crippen LogP contribution in [0.4, 0.5) is 5.69 Å². The number of amides is 2. The number of rotatable bonds is 7. The number of benzene rings is 3. The summed E-state index contributed by atoms with van der Waals surface area (Å²) in [4.78, 5) is 24.6. The lowest BCUT2D eigenvalue weighted by molar-refractivity contribution is -0.116. The van der Waals surface area contributed by atoms with Crippen molar-refractivity contribution in [1.82, 2.24) is 4.57 Å². The summed E-state index contributed by atoms with van der Waals surface area (Å²) in [5.74, 6) is -1.19. The number of nitrogens with one attached hydrogen (secondary N) is 1. The van der Waals surface area contributed by atoms with Gasteiger partial charge in [0.1, 0.15) is 6.54 Å². The van der Waals surface area contributed by atoms with Crippen LogP contribution in [-0.2, 0) is 26.9 Å². The average Bonchev–Trinajstić information content (AvgIpc) is 3.15. The third kappa shape index (κ3) is 4.65. The fraction of sp³-hybridized carbons (Fsp3) is 0.120. The molecule has 168 valence electrons. The maximum Gasteiger partial charge on any atom is 0.250 e. The zero-order valence-corrected chi connectivity index (χ0v) is 18.8. The fourth-order valence-corrected chi connectivity index (χ4v) is 5.48. The maximum atomic E-state index is 13.3. The predicted octanol–water partition coefficient (Wildman–Crippen LogP) is 3.66. The second-order valence-corrected chi connectivity index (χ2v) is 9.74. The first-order valence-electron chi connectivity index (χ1n) is 10.3. The molecule has 7 nitrogen and oxygen atoms in total. The number of carbonyl (C=O) groups is 2.